The van der Waals surface area contributed by atoms with E-state index in [1.165, 1.54) is 0 Å². The summed E-state index contributed by atoms with van der Waals surface area (Å²) in [6, 6.07) is 16.0. The molecular weight excluding hydrogens is 276 g/mol. The van der Waals surface area contributed by atoms with E-state index in [1.54, 1.807) is 0 Å². The van der Waals surface area contributed by atoms with Gasteiger partial charge in [0.05, 0.1) is 24.6 Å². The Balaban J connectivity index is 1.71. The number of fused-ring (bicyclic) bond motifs is 2. The second-order valence-electron chi connectivity index (χ2n) is 5.28. The summed E-state index contributed by atoms with van der Waals surface area (Å²) >= 11 is 0. The lowest BCUT2D eigenvalue weighted by atomic mass is 10.0. The molecule has 110 valence electrons. The van der Waals surface area contributed by atoms with Gasteiger partial charge in [0.25, 0.3) is 0 Å². The van der Waals surface area contributed by atoms with Crippen LogP contribution in [0.2, 0.25) is 0 Å². The highest BCUT2D eigenvalue weighted by Gasteiger charge is 2.18. The molecule has 2 aliphatic heterocycles. The van der Waals surface area contributed by atoms with Gasteiger partial charge in [0.2, 0.25) is 0 Å². The highest BCUT2D eigenvalue weighted by molar-refractivity contribution is 6.06. The maximum Gasteiger partial charge on any atom is 0.128 e. The number of hydrogen-bond donors (Lipinski definition) is 0. The molecule has 0 spiro atoms. The molecule has 0 fully saturated rings. The van der Waals surface area contributed by atoms with Gasteiger partial charge in [-0.25, -0.2) is 0 Å². The summed E-state index contributed by atoms with van der Waals surface area (Å²) in [4.78, 5) is 0. The molecule has 0 aliphatic carbocycles. The Morgan fingerprint density at radius 1 is 0.636 bits per heavy atom. The Labute approximate surface area is 129 Å². The Hall–Kier alpha value is -2.62. The van der Waals surface area contributed by atoms with Crippen molar-refractivity contribution in [2.45, 2.75) is 12.8 Å². The van der Waals surface area contributed by atoms with Gasteiger partial charge in [0.15, 0.2) is 0 Å². The average Bonchev–Trinajstić information content (AvgIpc) is 2.60. The lowest BCUT2D eigenvalue weighted by Gasteiger charge is -2.19. The molecule has 0 radical (unpaired) electrons. The first kappa shape index (κ1) is 13.1. The summed E-state index contributed by atoms with van der Waals surface area (Å²) in [6.07, 6.45) is 1.57. The summed E-state index contributed by atoms with van der Waals surface area (Å²) in [5.41, 5.74) is 4.05. The van der Waals surface area contributed by atoms with Crippen LogP contribution in [-0.4, -0.2) is 24.6 Å². The van der Waals surface area contributed by atoms with Crippen molar-refractivity contribution in [3.63, 3.8) is 0 Å². The zero-order chi connectivity index (χ0) is 14.8. The minimum Gasteiger partial charge on any atom is -0.492 e. The SMILES string of the molecule is c1ccc2c(c1)OCC/C2=N/N=C1\CCOc2ccccc21. The van der Waals surface area contributed by atoms with E-state index in [-0.39, 0.29) is 0 Å². The number of rotatable bonds is 1. The number of benzene rings is 2. The first-order valence-electron chi connectivity index (χ1n) is 7.49. The molecule has 0 saturated carbocycles. The molecule has 2 heterocycles. The maximum atomic E-state index is 5.65. The first-order chi connectivity index (χ1) is 10.9. The fourth-order valence-electron chi connectivity index (χ4n) is 2.77. The van der Waals surface area contributed by atoms with Gasteiger partial charge in [0, 0.05) is 24.0 Å². The van der Waals surface area contributed by atoms with Crippen LogP contribution < -0.4 is 9.47 Å². The predicted octanol–water partition coefficient (Wildman–Crippen LogP) is 3.45. The van der Waals surface area contributed by atoms with Crippen LogP contribution in [0.4, 0.5) is 0 Å². The Morgan fingerprint density at radius 2 is 1.09 bits per heavy atom. The first-order valence-corrected chi connectivity index (χ1v) is 7.49. The zero-order valence-corrected chi connectivity index (χ0v) is 12.2. The third-order valence-corrected chi connectivity index (χ3v) is 3.88. The highest BCUT2D eigenvalue weighted by Crippen LogP contribution is 2.26. The van der Waals surface area contributed by atoms with Gasteiger partial charge in [-0.15, -0.1) is 0 Å². The summed E-state index contributed by atoms with van der Waals surface area (Å²) in [5.74, 6) is 1.78. The molecular formula is C18H16N2O2. The van der Waals surface area contributed by atoms with Gasteiger partial charge in [0.1, 0.15) is 11.5 Å². The van der Waals surface area contributed by atoms with E-state index in [0.717, 1.165) is 46.9 Å². The molecule has 0 amide bonds. The summed E-state index contributed by atoms with van der Waals surface area (Å²) in [7, 11) is 0. The Bertz CT molecular complexity index is 700. The zero-order valence-electron chi connectivity index (χ0n) is 12.2. The van der Waals surface area contributed by atoms with Gasteiger partial charge >= 0.3 is 0 Å². The molecule has 4 nitrogen and oxygen atoms in total. The Kier molecular flexibility index (Phi) is 3.35. The summed E-state index contributed by atoms with van der Waals surface area (Å²) < 4.78 is 11.3. The van der Waals surface area contributed by atoms with E-state index < -0.39 is 0 Å². The van der Waals surface area contributed by atoms with Gasteiger partial charge < -0.3 is 9.47 Å². The van der Waals surface area contributed by atoms with E-state index in [0.29, 0.717) is 13.2 Å². The van der Waals surface area contributed by atoms with Crippen LogP contribution in [0.5, 0.6) is 11.5 Å². The van der Waals surface area contributed by atoms with Crippen LogP contribution >= 0.6 is 0 Å². The van der Waals surface area contributed by atoms with Crippen molar-refractivity contribution in [1.29, 1.82) is 0 Å². The fraction of sp³-hybridized carbons (Fsp3) is 0.222. The van der Waals surface area contributed by atoms with Crippen molar-refractivity contribution in [1.82, 2.24) is 0 Å². The maximum absolute atomic E-state index is 5.65. The average molecular weight is 292 g/mol. The van der Waals surface area contributed by atoms with Gasteiger partial charge in [-0.2, -0.15) is 10.2 Å². The molecule has 0 atom stereocenters. The third-order valence-electron chi connectivity index (χ3n) is 3.88. The molecule has 4 rings (SSSR count). The minimum absolute atomic E-state index is 0.653. The van der Waals surface area contributed by atoms with E-state index in [2.05, 4.69) is 10.2 Å². The number of para-hydroxylation sites is 2. The fourth-order valence-corrected chi connectivity index (χ4v) is 2.77. The third kappa shape index (κ3) is 2.37. The van der Waals surface area contributed by atoms with Gasteiger partial charge in [-0.3, -0.25) is 0 Å². The van der Waals surface area contributed by atoms with Crippen molar-refractivity contribution in [2.24, 2.45) is 10.2 Å². The van der Waals surface area contributed by atoms with Crippen LogP contribution in [-0.2, 0) is 0 Å². The summed E-state index contributed by atoms with van der Waals surface area (Å²) in [5, 5.41) is 9.03. The van der Waals surface area contributed by atoms with Crippen molar-refractivity contribution in [2.75, 3.05) is 13.2 Å². The number of hydrogen-bond acceptors (Lipinski definition) is 4. The van der Waals surface area contributed by atoms with Gasteiger partial charge in [-0.05, 0) is 24.3 Å². The summed E-state index contributed by atoms with van der Waals surface area (Å²) in [6.45, 7) is 1.31. The lowest BCUT2D eigenvalue weighted by Crippen LogP contribution is -2.17. The molecule has 2 aromatic carbocycles. The highest BCUT2D eigenvalue weighted by atomic mass is 16.5. The molecule has 2 aromatic rings. The molecule has 4 heteroatoms. The van der Waals surface area contributed by atoms with E-state index in [1.807, 2.05) is 48.5 Å². The second-order valence-corrected chi connectivity index (χ2v) is 5.28. The molecule has 0 aromatic heterocycles. The molecule has 2 aliphatic rings. The molecule has 0 unspecified atom stereocenters. The van der Waals surface area contributed by atoms with Crippen molar-refractivity contribution in [3.8, 4) is 11.5 Å². The molecule has 0 bridgehead atoms. The van der Waals surface area contributed by atoms with Gasteiger partial charge in [-0.1, -0.05) is 24.3 Å². The van der Waals surface area contributed by atoms with Crippen molar-refractivity contribution < 1.29 is 9.47 Å². The van der Waals surface area contributed by atoms with Crippen LogP contribution in [0.25, 0.3) is 0 Å². The molecule has 0 N–H and O–H groups in total. The van der Waals surface area contributed by atoms with E-state index in [4.69, 9.17) is 9.47 Å². The molecule has 0 saturated heterocycles. The van der Waals surface area contributed by atoms with Crippen LogP contribution in [0.3, 0.4) is 0 Å². The predicted molar refractivity (Wildman–Crippen MR) is 86.2 cm³/mol. The normalized spacial score (nSPS) is 20.0. The topological polar surface area (TPSA) is 43.2 Å². The second kappa shape index (κ2) is 5.64. The van der Waals surface area contributed by atoms with Crippen LogP contribution in [0, 0.1) is 0 Å². The van der Waals surface area contributed by atoms with Crippen LogP contribution in [0.15, 0.2) is 58.7 Å². The largest absolute Gasteiger partial charge is 0.492 e. The Morgan fingerprint density at radius 3 is 1.59 bits per heavy atom. The monoisotopic (exact) mass is 292 g/mol. The van der Waals surface area contributed by atoms with E-state index in [9.17, 15) is 0 Å². The quantitative estimate of drug-likeness (QED) is 0.756. The lowest BCUT2D eigenvalue weighted by molar-refractivity contribution is 0.319. The standard InChI is InChI=1S/C18H16N2O2/c1-3-7-17-13(5-1)15(9-11-21-17)19-20-16-10-12-22-18-8-4-2-6-14(16)18/h1-8H,9-12H2/b19-15-,20-16+. The van der Waals surface area contributed by atoms with Crippen molar-refractivity contribution >= 4 is 11.4 Å². The van der Waals surface area contributed by atoms with E-state index >= 15 is 0 Å². The number of nitrogens with zero attached hydrogens (tertiary/aromatic N) is 2. The molecule has 22 heavy (non-hydrogen) atoms. The minimum atomic E-state index is 0.653. The van der Waals surface area contributed by atoms with Crippen molar-refractivity contribution in [3.05, 3.63) is 59.7 Å². The van der Waals surface area contributed by atoms with Crippen LogP contribution in [0.1, 0.15) is 24.0 Å². The number of ether oxygens (including phenoxy) is 2. The smallest absolute Gasteiger partial charge is 0.128 e.